The number of carbonyl (C=O) groups excluding carboxylic acids is 2. The molecule has 0 saturated carbocycles. The molecule has 1 unspecified atom stereocenters. The predicted octanol–water partition coefficient (Wildman–Crippen LogP) is 1.34. The molecular formula is C17H17N3O4. The Morgan fingerprint density at radius 2 is 2.04 bits per heavy atom. The first-order valence-corrected chi connectivity index (χ1v) is 7.47. The highest BCUT2D eigenvalue weighted by Gasteiger charge is 2.17. The van der Waals surface area contributed by atoms with Gasteiger partial charge in [-0.2, -0.15) is 0 Å². The molecule has 0 aliphatic heterocycles. The molecule has 124 valence electrons. The molecule has 3 rings (SSSR count). The number of para-hydroxylation sites is 1. The van der Waals surface area contributed by atoms with Gasteiger partial charge in [0.15, 0.2) is 0 Å². The number of amides is 2. The van der Waals surface area contributed by atoms with E-state index < -0.39 is 11.9 Å². The SMILES string of the molecule is O=C(CNC(=O)c1cc2ccccc2[nH]1)NC(CO)c1ccco1. The van der Waals surface area contributed by atoms with E-state index in [0.717, 1.165) is 10.9 Å². The lowest BCUT2D eigenvalue weighted by Crippen LogP contribution is -2.39. The normalized spacial score (nSPS) is 12.0. The first kappa shape index (κ1) is 15.8. The maximum absolute atomic E-state index is 12.1. The van der Waals surface area contributed by atoms with Crippen molar-refractivity contribution in [2.75, 3.05) is 13.2 Å². The third kappa shape index (κ3) is 3.47. The minimum absolute atomic E-state index is 0.203. The molecule has 0 radical (unpaired) electrons. The van der Waals surface area contributed by atoms with Crippen molar-refractivity contribution in [2.45, 2.75) is 6.04 Å². The van der Waals surface area contributed by atoms with E-state index in [0.29, 0.717) is 11.5 Å². The number of rotatable bonds is 6. The van der Waals surface area contributed by atoms with Gasteiger partial charge < -0.3 is 25.1 Å². The highest BCUT2D eigenvalue weighted by atomic mass is 16.3. The summed E-state index contributed by atoms with van der Waals surface area (Å²) < 4.78 is 5.15. The average molecular weight is 327 g/mol. The second-order valence-electron chi connectivity index (χ2n) is 5.27. The molecule has 0 fully saturated rings. The Morgan fingerprint density at radius 1 is 1.21 bits per heavy atom. The molecule has 7 heteroatoms. The molecule has 7 nitrogen and oxygen atoms in total. The number of furan rings is 1. The maximum Gasteiger partial charge on any atom is 0.268 e. The molecule has 2 amide bonds. The number of benzene rings is 1. The molecular weight excluding hydrogens is 310 g/mol. The number of hydrogen-bond acceptors (Lipinski definition) is 4. The van der Waals surface area contributed by atoms with Gasteiger partial charge in [0, 0.05) is 10.9 Å². The summed E-state index contributed by atoms with van der Waals surface area (Å²) in [6.07, 6.45) is 1.46. The largest absolute Gasteiger partial charge is 0.467 e. The van der Waals surface area contributed by atoms with Crippen LogP contribution < -0.4 is 10.6 Å². The van der Waals surface area contributed by atoms with Gasteiger partial charge in [-0.1, -0.05) is 18.2 Å². The van der Waals surface area contributed by atoms with Crippen molar-refractivity contribution in [3.05, 3.63) is 60.2 Å². The topological polar surface area (TPSA) is 107 Å². The van der Waals surface area contributed by atoms with E-state index in [4.69, 9.17) is 4.42 Å². The van der Waals surface area contributed by atoms with E-state index in [1.807, 2.05) is 24.3 Å². The fraction of sp³-hybridized carbons (Fsp3) is 0.176. The van der Waals surface area contributed by atoms with Crippen LogP contribution in [0.2, 0.25) is 0 Å². The van der Waals surface area contributed by atoms with Crippen molar-refractivity contribution in [3.8, 4) is 0 Å². The van der Waals surface area contributed by atoms with Gasteiger partial charge in [-0.25, -0.2) is 0 Å². The summed E-state index contributed by atoms with van der Waals surface area (Å²) in [5, 5.41) is 15.4. The smallest absolute Gasteiger partial charge is 0.268 e. The van der Waals surface area contributed by atoms with E-state index in [2.05, 4.69) is 15.6 Å². The molecule has 3 aromatic rings. The standard InChI is InChI=1S/C17H17N3O4/c21-10-14(15-6-3-7-24-15)20-16(22)9-18-17(23)13-8-11-4-1-2-5-12(11)19-13/h1-8,14,19,21H,9-10H2,(H,18,23)(H,20,22). The number of aromatic amines is 1. The van der Waals surface area contributed by atoms with Crippen LogP contribution in [0.25, 0.3) is 10.9 Å². The maximum atomic E-state index is 12.1. The number of aromatic nitrogens is 1. The van der Waals surface area contributed by atoms with Gasteiger partial charge >= 0.3 is 0 Å². The van der Waals surface area contributed by atoms with Crippen molar-refractivity contribution < 1.29 is 19.1 Å². The zero-order valence-corrected chi connectivity index (χ0v) is 12.8. The molecule has 1 aromatic carbocycles. The zero-order chi connectivity index (χ0) is 16.9. The molecule has 24 heavy (non-hydrogen) atoms. The molecule has 0 aliphatic carbocycles. The van der Waals surface area contributed by atoms with E-state index in [9.17, 15) is 14.7 Å². The second-order valence-corrected chi connectivity index (χ2v) is 5.27. The van der Waals surface area contributed by atoms with Gasteiger partial charge in [0.1, 0.15) is 17.5 Å². The number of carbonyl (C=O) groups is 2. The van der Waals surface area contributed by atoms with Crippen LogP contribution in [-0.4, -0.2) is 35.1 Å². The monoisotopic (exact) mass is 327 g/mol. The van der Waals surface area contributed by atoms with Gasteiger partial charge in [0.05, 0.1) is 19.4 Å². The van der Waals surface area contributed by atoms with Crippen LogP contribution in [0, 0.1) is 0 Å². The Hall–Kier alpha value is -3.06. The molecule has 1 atom stereocenters. The van der Waals surface area contributed by atoms with Crippen LogP contribution >= 0.6 is 0 Å². The highest BCUT2D eigenvalue weighted by Crippen LogP contribution is 2.14. The number of hydrogen-bond donors (Lipinski definition) is 4. The van der Waals surface area contributed by atoms with Gasteiger partial charge in [0.2, 0.25) is 5.91 Å². The number of aliphatic hydroxyl groups is 1. The molecule has 4 N–H and O–H groups in total. The fourth-order valence-corrected chi connectivity index (χ4v) is 2.39. The summed E-state index contributed by atoms with van der Waals surface area (Å²) in [5.41, 5.74) is 1.24. The first-order valence-electron chi connectivity index (χ1n) is 7.47. The first-order chi connectivity index (χ1) is 11.7. The second kappa shape index (κ2) is 7.01. The van der Waals surface area contributed by atoms with E-state index in [1.54, 1.807) is 18.2 Å². The van der Waals surface area contributed by atoms with E-state index >= 15 is 0 Å². The summed E-state index contributed by atoms with van der Waals surface area (Å²) in [7, 11) is 0. The van der Waals surface area contributed by atoms with Crippen LogP contribution in [0.15, 0.2) is 53.1 Å². The van der Waals surface area contributed by atoms with Gasteiger partial charge in [-0.05, 0) is 24.3 Å². The Balaban J connectivity index is 1.56. The Morgan fingerprint density at radius 3 is 2.75 bits per heavy atom. The van der Waals surface area contributed by atoms with Crippen molar-refractivity contribution >= 4 is 22.7 Å². The Labute approximate surface area is 137 Å². The van der Waals surface area contributed by atoms with Gasteiger partial charge in [-0.3, -0.25) is 9.59 Å². The van der Waals surface area contributed by atoms with E-state index in [-0.39, 0.29) is 19.1 Å². The number of H-pyrrole nitrogens is 1. The fourth-order valence-electron chi connectivity index (χ4n) is 2.39. The van der Waals surface area contributed by atoms with Gasteiger partial charge in [-0.15, -0.1) is 0 Å². The third-order valence-corrected chi connectivity index (χ3v) is 3.59. The highest BCUT2D eigenvalue weighted by molar-refractivity contribution is 5.99. The zero-order valence-electron chi connectivity index (χ0n) is 12.8. The average Bonchev–Trinajstić information content (AvgIpc) is 3.26. The van der Waals surface area contributed by atoms with Crippen LogP contribution in [0.5, 0.6) is 0 Å². The molecule has 0 spiro atoms. The third-order valence-electron chi connectivity index (χ3n) is 3.59. The number of nitrogens with one attached hydrogen (secondary N) is 3. The molecule has 0 aliphatic rings. The van der Waals surface area contributed by atoms with Crippen molar-refractivity contribution in [1.29, 1.82) is 0 Å². The summed E-state index contributed by atoms with van der Waals surface area (Å²) in [4.78, 5) is 27.0. The Kier molecular flexibility index (Phi) is 4.62. The minimum atomic E-state index is -0.641. The minimum Gasteiger partial charge on any atom is -0.467 e. The van der Waals surface area contributed by atoms with Crippen molar-refractivity contribution in [3.63, 3.8) is 0 Å². The summed E-state index contributed by atoms with van der Waals surface area (Å²) in [5.74, 6) is -0.345. The lowest BCUT2D eigenvalue weighted by atomic mass is 10.2. The molecule has 2 aromatic heterocycles. The number of fused-ring (bicyclic) bond motifs is 1. The van der Waals surface area contributed by atoms with Crippen LogP contribution in [-0.2, 0) is 4.79 Å². The molecule has 2 heterocycles. The number of aliphatic hydroxyl groups excluding tert-OH is 1. The summed E-state index contributed by atoms with van der Waals surface area (Å²) in [6, 6.07) is 11.9. The van der Waals surface area contributed by atoms with Crippen molar-refractivity contribution in [1.82, 2.24) is 15.6 Å². The lowest BCUT2D eigenvalue weighted by Gasteiger charge is -2.14. The quantitative estimate of drug-likeness (QED) is 0.548. The summed E-state index contributed by atoms with van der Waals surface area (Å²) in [6.45, 7) is -0.499. The van der Waals surface area contributed by atoms with E-state index in [1.165, 1.54) is 6.26 Å². The lowest BCUT2D eigenvalue weighted by molar-refractivity contribution is -0.121. The molecule has 0 bridgehead atoms. The molecule has 0 saturated heterocycles. The van der Waals surface area contributed by atoms with Crippen LogP contribution in [0.1, 0.15) is 22.3 Å². The Bertz CT molecular complexity index is 806. The summed E-state index contributed by atoms with van der Waals surface area (Å²) >= 11 is 0. The van der Waals surface area contributed by atoms with Crippen molar-refractivity contribution in [2.24, 2.45) is 0 Å². The predicted molar refractivity (Wildman–Crippen MR) is 87.3 cm³/mol. The van der Waals surface area contributed by atoms with Crippen LogP contribution in [0.4, 0.5) is 0 Å². The van der Waals surface area contributed by atoms with Crippen LogP contribution in [0.3, 0.4) is 0 Å². The van der Waals surface area contributed by atoms with Gasteiger partial charge in [0.25, 0.3) is 5.91 Å².